The molecule has 0 N–H and O–H groups in total. The van der Waals surface area contributed by atoms with E-state index in [1.54, 1.807) is 6.07 Å². The van der Waals surface area contributed by atoms with Gasteiger partial charge in [0.1, 0.15) is 0 Å². The molecule has 1 aromatic carbocycles. The molecule has 1 unspecified atom stereocenters. The molecule has 1 atom stereocenters. The Morgan fingerprint density at radius 1 is 1.25 bits per heavy atom. The average Bonchev–Trinajstić information content (AvgIpc) is 2.21. The molecule has 0 saturated heterocycles. The Kier molecular flexibility index (Phi) is 3.93. The van der Waals surface area contributed by atoms with Crippen molar-refractivity contribution >= 4 is 20.4 Å². The van der Waals surface area contributed by atoms with Crippen LogP contribution in [0.25, 0.3) is 0 Å². The molecular weight excluding hydrogens is 240 g/mol. The Hall–Kier alpha value is -0.653. The van der Waals surface area contributed by atoms with E-state index in [4.69, 9.17) is 0 Å². The van der Waals surface area contributed by atoms with Crippen molar-refractivity contribution in [1.82, 2.24) is 0 Å². The maximum absolute atomic E-state index is 11.6. The average molecular weight is 258 g/mol. The van der Waals surface area contributed by atoms with E-state index in [0.29, 0.717) is 5.54 Å². The number of rotatable bonds is 3. The number of benzene rings is 1. The predicted molar refractivity (Wildman–Crippen MR) is 68.5 cm³/mol. The summed E-state index contributed by atoms with van der Waals surface area (Å²) in [5.41, 5.74) is 3.61. The van der Waals surface area contributed by atoms with Crippen LogP contribution in [0.3, 0.4) is 0 Å². The highest BCUT2D eigenvalue weighted by Crippen LogP contribution is 2.26. The Morgan fingerprint density at radius 2 is 1.81 bits per heavy atom. The van der Waals surface area contributed by atoms with Crippen LogP contribution in [0.15, 0.2) is 17.0 Å². The largest absolute Gasteiger partial charge is 0.296 e. The highest BCUT2D eigenvalue weighted by atomic mass is 32.2. The first-order valence-electron chi connectivity index (χ1n) is 5.22. The van der Waals surface area contributed by atoms with Gasteiger partial charge in [0.25, 0.3) is 10.1 Å². The first-order chi connectivity index (χ1) is 7.31. The first-order valence-corrected chi connectivity index (χ1v) is 7.78. The lowest BCUT2D eigenvalue weighted by Gasteiger charge is -2.15. The van der Waals surface area contributed by atoms with Gasteiger partial charge in [-0.1, -0.05) is 13.0 Å². The summed E-state index contributed by atoms with van der Waals surface area (Å²) in [4.78, 5) is 0.276. The van der Waals surface area contributed by atoms with E-state index in [0.717, 1.165) is 21.4 Å². The molecule has 0 amide bonds. The monoisotopic (exact) mass is 258 g/mol. The number of hydrogen-bond acceptors (Lipinski definition) is 3. The summed E-state index contributed by atoms with van der Waals surface area (Å²) in [6, 6.07) is 3.54. The van der Waals surface area contributed by atoms with Gasteiger partial charge >= 0.3 is 0 Å². The van der Waals surface area contributed by atoms with Crippen molar-refractivity contribution in [2.45, 2.75) is 31.2 Å². The lowest BCUT2D eigenvalue weighted by molar-refractivity contribution is 0.397. The van der Waals surface area contributed by atoms with Gasteiger partial charge in [-0.3, -0.25) is 4.18 Å². The van der Waals surface area contributed by atoms with Gasteiger partial charge in [-0.05, 0) is 42.1 Å². The van der Waals surface area contributed by atoms with Crippen LogP contribution in [0, 0.1) is 13.8 Å². The van der Waals surface area contributed by atoms with Crippen LogP contribution in [-0.4, -0.2) is 25.8 Å². The standard InChI is InChI=1S/C11H18O3SSi/c1-7-8(2)11(15(12,13)14-4)6-5-10(7)9(3)16/h5-6,9H,1-4,16H3. The van der Waals surface area contributed by atoms with Gasteiger partial charge in [-0.25, -0.2) is 0 Å². The van der Waals surface area contributed by atoms with Crippen LogP contribution >= 0.6 is 0 Å². The van der Waals surface area contributed by atoms with E-state index in [9.17, 15) is 8.42 Å². The third kappa shape index (κ3) is 2.36. The molecule has 3 nitrogen and oxygen atoms in total. The van der Waals surface area contributed by atoms with Crippen molar-refractivity contribution < 1.29 is 12.6 Å². The topological polar surface area (TPSA) is 43.4 Å². The van der Waals surface area contributed by atoms with Crippen molar-refractivity contribution in [3.63, 3.8) is 0 Å². The molecule has 0 aliphatic carbocycles. The molecule has 0 bridgehead atoms. The fourth-order valence-electron chi connectivity index (χ4n) is 1.80. The fraction of sp³-hybridized carbons (Fsp3) is 0.455. The normalized spacial score (nSPS) is 14.0. The fourth-order valence-corrected chi connectivity index (χ4v) is 3.37. The molecule has 5 heteroatoms. The van der Waals surface area contributed by atoms with Crippen molar-refractivity contribution in [3.8, 4) is 0 Å². The summed E-state index contributed by atoms with van der Waals surface area (Å²) in [6.45, 7) is 5.95. The smallest absolute Gasteiger partial charge is 0.270 e. The lowest BCUT2D eigenvalue weighted by atomic mass is 10.0. The quantitative estimate of drug-likeness (QED) is 0.601. The molecule has 0 aliphatic heterocycles. The van der Waals surface area contributed by atoms with Crippen LogP contribution in [0.1, 0.15) is 29.2 Å². The Balaban J connectivity index is 3.45. The SMILES string of the molecule is COS(=O)(=O)c1ccc(C(C)[SiH3])c(C)c1C. The maximum Gasteiger partial charge on any atom is 0.296 e. The molecule has 0 spiro atoms. The van der Waals surface area contributed by atoms with Gasteiger partial charge in [0.2, 0.25) is 0 Å². The van der Waals surface area contributed by atoms with Gasteiger partial charge in [0, 0.05) is 10.2 Å². The van der Waals surface area contributed by atoms with Gasteiger partial charge in [-0.15, -0.1) is 0 Å². The highest BCUT2D eigenvalue weighted by molar-refractivity contribution is 7.86. The van der Waals surface area contributed by atoms with Crippen LogP contribution < -0.4 is 0 Å². The lowest BCUT2D eigenvalue weighted by Crippen LogP contribution is -2.08. The summed E-state index contributed by atoms with van der Waals surface area (Å²) in [5.74, 6) is 0. The minimum absolute atomic E-state index is 0.276. The third-order valence-electron chi connectivity index (χ3n) is 2.89. The summed E-state index contributed by atoms with van der Waals surface area (Å²) in [6.07, 6.45) is 0. The van der Waals surface area contributed by atoms with Gasteiger partial charge in [-0.2, -0.15) is 8.42 Å². The van der Waals surface area contributed by atoms with Gasteiger partial charge < -0.3 is 0 Å². The summed E-state index contributed by atoms with van der Waals surface area (Å²) >= 11 is 0. The van der Waals surface area contributed by atoms with Crippen LogP contribution in [0.4, 0.5) is 0 Å². The van der Waals surface area contributed by atoms with Gasteiger partial charge in [0.05, 0.1) is 12.0 Å². The van der Waals surface area contributed by atoms with E-state index in [2.05, 4.69) is 11.1 Å². The zero-order valence-corrected chi connectivity index (χ0v) is 13.2. The second-order valence-corrected chi connectivity index (χ2v) is 7.59. The molecule has 0 aliphatic rings. The Labute approximate surface area is 100 Å². The van der Waals surface area contributed by atoms with Gasteiger partial charge in [0.15, 0.2) is 0 Å². The summed E-state index contributed by atoms with van der Waals surface area (Å²) < 4.78 is 27.8. The van der Waals surface area contributed by atoms with Crippen molar-refractivity contribution in [1.29, 1.82) is 0 Å². The van der Waals surface area contributed by atoms with E-state index in [1.165, 1.54) is 12.7 Å². The first kappa shape index (κ1) is 13.4. The van der Waals surface area contributed by atoms with Crippen molar-refractivity contribution in [2.24, 2.45) is 0 Å². The van der Waals surface area contributed by atoms with Crippen molar-refractivity contribution in [3.05, 3.63) is 28.8 Å². The molecule has 0 aromatic heterocycles. The third-order valence-corrected chi connectivity index (χ3v) is 4.93. The van der Waals surface area contributed by atoms with Crippen LogP contribution in [-0.2, 0) is 14.3 Å². The molecule has 0 heterocycles. The Bertz CT molecular complexity index is 492. The molecule has 0 fully saturated rings. The molecular formula is C11H18O3SSi. The maximum atomic E-state index is 11.6. The second kappa shape index (κ2) is 4.69. The molecule has 90 valence electrons. The molecule has 0 saturated carbocycles. The zero-order valence-electron chi connectivity index (χ0n) is 10.4. The van der Waals surface area contributed by atoms with E-state index in [-0.39, 0.29) is 4.90 Å². The minimum atomic E-state index is -3.58. The molecule has 0 radical (unpaired) electrons. The van der Waals surface area contributed by atoms with Crippen LogP contribution in [0.2, 0.25) is 0 Å². The molecule has 16 heavy (non-hydrogen) atoms. The predicted octanol–water partition coefficient (Wildman–Crippen LogP) is 1.06. The number of hydrogen-bond donors (Lipinski definition) is 0. The molecule has 1 rings (SSSR count). The van der Waals surface area contributed by atoms with E-state index in [1.807, 2.05) is 19.9 Å². The highest BCUT2D eigenvalue weighted by Gasteiger charge is 2.19. The Morgan fingerprint density at radius 3 is 2.25 bits per heavy atom. The summed E-state index contributed by atoms with van der Waals surface area (Å²) in [5, 5.41) is 0. The molecule has 1 aromatic rings. The minimum Gasteiger partial charge on any atom is -0.270 e. The second-order valence-electron chi connectivity index (χ2n) is 4.18. The van der Waals surface area contributed by atoms with E-state index >= 15 is 0 Å². The van der Waals surface area contributed by atoms with E-state index < -0.39 is 10.1 Å². The summed E-state index contributed by atoms with van der Waals surface area (Å²) in [7, 11) is -1.33. The van der Waals surface area contributed by atoms with Crippen LogP contribution in [0.5, 0.6) is 0 Å². The van der Waals surface area contributed by atoms with Crippen molar-refractivity contribution in [2.75, 3.05) is 7.11 Å². The zero-order chi connectivity index (χ0) is 12.5.